The zero-order valence-corrected chi connectivity index (χ0v) is 18.3. The third-order valence-electron chi connectivity index (χ3n) is 5.51. The van der Waals surface area contributed by atoms with Crippen molar-refractivity contribution in [1.82, 2.24) is 5.32 Å². The Labute approximate surface area is 184 Å². The van der Waals surface area contributed by atoms with Crippen molar-refractivity contribution in [3.8, 4) is 0 Å². The van der Waals surface area contributed by atoms with Gasteiger partial charge in [-0.15, -0.1) is 0 Å². The molecule has 0 aliphatic heterocycles. The predicted octanol–water partition coefficient (Wildman–Crippen LogP) is 2.25. The Balaban J connectivity index is 1.29. The van der Waals surface area contributed by atoms with Crippen LogP contribution in [0.3, 0.4) is 0 Å². The number of carboxylic acids is 1. The molecule has 0 aromatic heterocycles. The number of alkyl carbamates (subject to hydrolysis) is 1. The van der Waals surface area contributed by atoms with E-state index < -0.39 is 5.97 Å². The summed E-state index contributed by atoms with van der Waals surface area (Å²) in [6.45, 7) is 4.07. The molecule has 0 aromatic carbocycles. The van der Waals surface area contributed by atoms with Gasteiger partial charge in [-0.3, -0.25) is 4.79 Å². The lowest BCUT2D eigenvalue weighted by Crippen LogP contribution is -2.29. The van der Waals surface area contributed by atoms with Crippen LogP contribution < -0.4 is 5.32 Å². The fourth-order valence-electron chi connectivity index (χ4n) is 3.81. The summed E-state index contributed by atoms with van der Waals surface area (Å²) in [5, 5.41) is 11.2. The minimum absolute atomic E-state index is 0.000778. The number of carbonyl (C=O) groups is 2. The fraction of sp³-hybridized carbons (Fsp3) is 0.818. The quantitative estimate of drug-likeness (QED) is 0.260. The highest BCUT2D eigenvalue weighted by atomic mass is 16.6. The number of carboxylic acid groups (broad SMARTS) is 1. The van der Waals surface area contributed by atoms with Crippen LogP contribution in [0, 0.1) is 17.8 Å². The van der Waals surface area contributed by atoms with Crippen LogP contribution in [0.25, 0.3) is 0 Å². The number of carbonyl (C=O) groups excluding carboxylic acids is 1. The minimum atomic E-state index is -0.873. The van der Waals surface area contributed by atoms with Crippen LogP contribution in [0.15, 0.2) is 12.2 Å². The molecule has 2 aliphatic rings. The lowest BCUT2D eigenvalue weighted by molar-refractivity contribution is -0.138. The Morgan fingerprint density at radius 1 is 0.806 bits per heavy atom. The minimum Gasteiger partial charge on any atom is -0.481 e. The summed E-state index contributed by atoms with van der Waals surface area (Å²) < 4.78 is 26.5. The van der Waals surface area contributed by atoms with Crippen LogP contribution >= 0.6 is 0 Å². The molecule has 0 radical (unpaired) electrons. The van der Waals surface area contributed by atoms with Crippen molar-refractivity contribution in [1.29, 1.82) is 0 Å². The summed E-state index contributed by atoms with van der Waals surface area (Å²) >= 11 is 0. The zero-order valence-electron chi connectivity index (χ0n) is 18.3. The molecule has 9 heteroatoms. The van der Waals surface area contributed by atoms with Gasteiger partial charge >= 0.3 is 12.1 Å². The Morgan fingerprint density at radius 3 is 1.87 bits per heavy atom. The molecule has 1 fully saturated rings. The third kappa shape index (κ3) is 12.1. The van der Waals surface area contributed by atoms with Crippen LogP contribution in [0.1, 0.15) is 32.1 Å². The molecule has 2 atom stereocenters. The number of hydrogen-bond acceptors (Lipinski definition) is 7. The number of amides is 1. The number of fused-ring (bicyclic) bond motifs is 1. The van der Waals surface area contributed by atoms with Crippen molar-refractivity contribution < 1.29 is 38.4 Å². The highest BCUT2D eigenvalue weighted by Gasteiger charge is 2.49. The standard InChI is InChI=1S/C22H37NO8/c24-21(25)7-9-27-11-13-29-15-16-30-14-12-28-10-8-23-22(26)31-17-20-18-5-3-1-2-4-6-19(18)20/h1-2,18-20H,3-17H2,(H,23,26)(H,24,25)/b2-1-. The molecular formula is C22H37NO8. The monoisotopic (exact) mass is 443 g/mol. The van der Waals surface area contributed by atoms with E-state index >= 15 is 0 Å². The van der Waals surface area contributed by atoms with Gasteiger partial charge in [0.05, 0.1) is 65.9 Å². The van der Waals surface area contributed by atoms with Gasteiger partial charge in [-0.25, -0.2) is 4.79 Å². The van der Waals surface area contributed by atoms with Gasteiger partial charge in [0.25, 0.3) is 0 Å². The Hall–Kier alpha value is -1.68. The Bertz CT molecular complexity index is 526. The first-order valence-electron chi connectivity index (χ1n) is 11.3. The van der Waals surface area contributed by atoms with Crippen LogP contribution in [-0.4, -0.2) is 83.2 Å². The van der Waals surface area contributed by atoms with E-state index in [0.717, 1.165) is 24.7 Å². The van der Waals surface area contributed by atoms with Gasteiger partial charge in [0.15, 0.2) is 0 Å². The molecule has 0 heterocycles. The van der Waals surface area contributed by atoms with Gasteiger partial charge < -0.3 is 34.1 Å². The highest BCUT2D eigenvalue weighted by Crippen LogP contribution is 2.52. The van der Waals surface area contributed by atoms with E-state index in [9.17, 15) is 9.59 Å². The van der Waals surface area contributed by atoms with Gasteiger partial charge in [0.1, 0.15) is 0 Å². The zero-order chi connectivity index (χ0) is 22.2. The van der Waals surface area contributed by atoms with Gasteiger partial charge in [-0.05, 0) is 43.4 Å². The second-order valence-electron chi connectivity index (χ2n) is 7.74. The molecule has 0 saturated heterocycles. The van der Waals surface area contributed by atoms with Crippen molar-refractivity contribution in [2.75, 3.05) is 66.0 Å². The molecule has 2 rings (SSSR count). The number of aliphatic carboxylic acids is 1. The second-order valence-corrected chi connectivity index (χ2v) is 7.74. The molecule has 0 bridgehead atoms. The van der Waals surface area contributed by atoms with E-state index in [1.165, 1.54) is 12.8 Å². The van der Waals surface area contributed by atoms with E-state index in [4.69, 9.17) is 28.8 Å². The summed E-state index contributed by atoms with van der Waals surface area (Å²) in [7, 11) is 0. The molecule has 2 unspecified atom stereocenters. The molecule has 2 N–H and O–H groups in total. The van der Waals surface area contributed by atoms with Crippen molar-refractivity contribution in [3.05, 3.63) is 12.2 Å². The first-order valence-corrected chi connectivity index (χ1v) is 11.3. The van der Waals surface area contributed by atoms with E-state index in [1.807, 2.05) is 0 Å². The number of ether oxygens (including phenoxy) is 5. The Morgan fingerprint density at radius 2 is 1.32 bits per heavy atom. The maximum Gasteiger partial charge on any atom is 0.407 e. The molecule has 1 amide bonds. The summed E-state index contributed by atoms with van der Waals surface area (Å²) in [5.74, 6) is 1.11. The summed E-state index contributed by atoms with van der Waals surface area (Å²) in [6, 6.07) is 0. The maximum atomic E-state index is 11.8. The molecule has 0 aromatic rings. The summed E-state index contributed by atoms with van der Waals surface area (Å²) in [5.41, 5.74) is 0. The second kappa shape index (κ2) is 16.0. The number of hydrogen-bond donors (Lipinski definition) is 2. The summed E-state index contributed by atoms with van der Waals surface area (Å²) in [4.78, 5) is 22.1. The van der Waals surface area contributed by atoms with Gasteiger partial charge in [0, 0.05) is 6.54 Å². The van der Waals surface area contributed by atoms with Gasteiger partial charge in [0.2, 0.25) is 0 Å². The molecular weight excluding hydrogens is 406 g/mol. The third-order valence-corrected chi connectivity index (χ3v) is 5.51. The van der Waals surface area contributed by atoms with E-state index in [-0.39, 0.29) is 19.1 Å². The van der Waals surface area contributed by atoms with Gasteiger partial charge in [-0.1, -0.05) is 12.2 Å². The van der Waals surface area contributed by atoms with Crippen molar-refractivity contribution in [2.45, 2.75) is 32.1 Å². The van der Waals surface area contributed by atoms with Crippen LogP contribution in [0.5, 0.6) is 0 Å². The first kappa shape index (κ1) is 25.6. The van der Waals surface area contributed by atoms with Crippen LogP contribution in [0.4, 0.5) is 4.79 Å². The number of rotatable bonds is 17. The summed E-state index contributed by atoms with van der Waals surface area (Å²) in [6.07, 6.45) is 8.86. The van der Waals surface area contributed by atoms with E-state index in [0.29, 0.717) is 65.3 Å². The molecule has 9 nitrogen and oxygen atoms in total. The fourth-order valence-corrected chi connectivity index (χ4v) is 3.81. The average Bonchev–Trinajstić information content (AvgIpc) is 3.38. The Kier molecular flexibility index (Phi) is 13.2. The smallest absolute Gasteiger partial charge is 0.407 e. The normalized spacial score (nSPS) is 23.3. The predicted molar refractivity (Wildman–Crippen MR) is 113 cm³/mol. The average molecular weight is 444 g/mol. The first-order chi connectivity index (χ1) is 15.2. The molecule has 0 spiro atoms. The van der Waals surface area contributed by atoms with E-state index in [2.05, 4.69) is 17.5 Å². The maximum absolute atomic E-state index is 11.8. The molecule has 2 aliphatic carbocycles. The molecule has 1 saturated carbocycles. The SMILES string of the molecule is O=C(O)CCOCCOCCOCCOCCNC(=O)OCC1C2CC/C=C\CCC21. The molecule has 31 heavy (non-hydrogen) atoms. The van der Waals surface area contributed by atoms with Crippen molar-refractivity contribution >= 4 is 12.1 Å². The van der Waals surface area contributed by atoms with Crippen molar-refractivity contribution in [2.24, 2.45) is 17.8 Å². The van der Waals surface area contributed by atoms with Crippen molar-refractivity contribution in [3.63, 3.8) is 0 Å². The lowest BCUT2D eigenvalue weighted by Gasteiger charge is -2.08. The number of allylic oxidation sites excluding steroid dienone is 2. The largest absolute Gasteiger partial charge is 0.481 e. The van der Waals surface area contributed by atoms with Crippen LogP contribution in [-0.2, 0) is 28.5 Å². The number of nitrogens with one attached hydrogen (secondary N) is 1. The topological polar surface area (TPSA) is 113 Å². The molecule has 178 valence electrons. The van der Waals surface area contributed by atoms with Gasteiger partial charge in [-0.2, -0.15) is 0 Å². The lowest BCUT2D eigenvalue weighted by atomic mass is 10.1. The van der Waals surface area contributed by atoms with E-state index in [1.54, 1.807) is 0 Å². The van der Waals surface area contributed by atoms with Crippen LogP contribution in [0.2, 0.25) is 0 Å². The highest BCUT2D eigenvalue weighted by molar-refractivity contribution is 5.67.